The SMILES string of the molecule is Cc1cc(N)ccc1S(=O)CCC(=O)NC1CC1. The number of anilines is 1. The minimum absolute atomic E-state index is 0.000974. The molecule has 1 saturated carbocycles. The molecule has 0 aliphatic heterocycles. The molecule has 0 bridgehead atoms. The third kappa shape index (κ3) is 3.57. The van der Waals surface area contributed by atoms with Crippen molar-refractivity contribution in [2.45, 2.75) is 37.1 Å². The Morgan fingerprint density at radius 2 is 2.22 bits per heavy atom. The van der Waals surface area contributed by atoms with Crippen LogP contribution < -0.4 is 11.1 Å². The smallest absolute Gasteiger partial charge is 0.221 e. The predicted molar refractivity (Wildman–Crippen MR) is 72.6 cm³/mol. The van der Waals surface area contributed by atoms with Gasteiger partial charge in [0.2, 0.25) is 5.91 Å². The minimum Gasteiger partial charge on any atom is -0.399 e. The molecule has 1 fully saturated rings. The number of aryl methyl sites for hydroxylation is 1. The van der Waals surface area contributed by atoms with Gasteiger partial charge in [-0.1, -0.05) is 0 Å². The third-order valence-corrected chi connectivity index (χ3v) is 4.42. The summed E-state index contributed by atoms with van der Waals surface area (Å²) in [4.78, 5) is 12.3. The maximum Gasteiger partial charge on any atom is 0.221 e. The Hall–Kier alpha value is -1.36. The van der Waals surface area contributed by atoms with Gasteiger partial charge in [-0.15, -0.1) is 0 Å². The number of rotatable bonds is 5. The van der Waals surface area contributed by atoms with Crippen LogP contribution in [-0.4, -0.2) is 21.9 Å². The van der Waals surface area contributed by atoms with Crippen molar-refractivity contribution in [1.29, 1.82) is 0 Å². The maximum atomic E-state index is 12.1. The van der Waals surface area contributed by atoms with Gasteiger partial charge >= 0.3 is 0 Å². The zero-order valence-electron chi connectivity index (χ0n) is 10.4. The second-order valence-corrected chi connectivity index (χ2v) is 6.21. The molecule has 0 saturated heterocycles. The minimum atomic E-state index is -1.13. The summed E-state index contributed by atoms with van der Waals surface area (Å²) in [6.07, 6.45) is 2.46. The summed E-state index contributed by atoms with van der Waals surface area (Å²) in [5, 5.41) is 2.89. The Labute approximate surface area is 109 Å². The van der Waals surface area contributed by atoms with Gasteiger partial charge in [-0.3, -0.25) is 9.00 Å². The number of hydrogen-bond acceptors (Lipinski definition) is 3. The lowest BCUT2D eigenvalue weighted by Gasteiger charge is -2.07. The summed E-state index contributed by atoms with van der Waals surface area (Å²) in [5.41, 5.74) is 7.23. The quantitative estimate of drug-likeness (QED) is 0.790. The monoisotopic (exact) mass is 266 g/mol. The highest BCUT2D eigenvalue weighted by atomic mass is 32.2. The van der Waals surface area contributed by atoms with E-state index in [2.05, 4.69) is 5.32 Å². The van der Waals surface area contributed by atoms with E-state index in [4.69, 9.17) is 5.73 Å². The predicted octanol–water partition coefficient (Wildman–Crippen LogP) is 1.35. The zero-order valence-corrected chi connectivity index (χ0v) is 11.3. The molecule has 18 heavy (non-hydrogen) atoms. The van der Waals surface area contributed by atoms with E-state index in [0.29, 0.717) is 23.9 Å². The first-order chi connectivity index (χ1) is 8.56. The van der Waals surface area contributed by atoms with Crippen LogP contribution >= 0.6 is 0 Å². The number of carbonyl (C=O) groups is 1. The molecule has 1 aliphatic rings. The van der Waals surface area contributed by atoms with E-state index in [1.165, 1.54) is 0 Å². The van der Waals surface area contributed by atoms with Gasteiger partial charge in [-0.2, -0.15) is 0 Å². The lowest BCUT2D eigenvalue weighted by Crippen LogP contribution is -2.26. The van der Waals surface area contributed by atoms with Crippen LogP contribution in [0.25, 0.3) is 0 Å². The number of amides is 1. The van der Waals surface area contributed by atoms with Crippen molar-refractivity contribution in [1.82, 2.24) is 5.32 Å². The molecule has 5 heteroatoms. The van der Waals surface area contributed by atoms with Gasteiger partial charge < -0.3 is 11.1 Å². The Balaban J connectivity index is 1.88. The van der Waals surface area contributed by atoms with Crippen LogP contribution in [-0.2, 0) is 15.6 Å². The van der Waals surface area contributed by atoms with E-state index in [1.54, 1.807) is 18.2 Å². The molecule has 1 aromatic carbocycles. The van der Waals surface area contributed by atoms with E-state index >= 15 is 0 Å². The van der Waals surface area contributed by atoms with Gasteiger partial charge in [-0.05, 0) is 43.5 Å². The molecule has 3 N–H and O–H groups in total. The summed E-state index contributed by atoms with van der Waals surface area (Å²) in [7, 11) is -1.13. The molecular formula is C13H18N2O2S. The van der Waals surface area contributed by atoms with E-state index < -0.39 is 10.8 Å². The summed E-state index contributed by atoms with van der Waals surface area (Å²) in [5.74, 6) is 0.363. The molecule has 4 nitrogen and oxygen atoms in total. The van der Waals surface area contributed by atoms with Gasteiger partial charge in [0.1, 0.15) is 0 Å². The van der Waals surface area contributed by atoms with Crippen molar-refractivity contribution in [2.75, 3.05) is 11.5 Å². The van der Waals surface area contributed by atoms with Gasteiger partial charge in [0.25, 0.3) is 0 Å². The van der Waals surface area contributed by atoms with Crippen LogP contribution in [0.5, 0.6) is 0 Å². The van der Waals surface area contributed by atoms with E-state index in [9.17, 15) is 9.00 Å². The number of nitrogens with one attached hydrogen (secondary N) is 1. The lowest BCUT2D eigenvalue weighted by molar-refractivity contribution is -0.120. The molecule has 1 aliphatic carbocycles. The second kappa shape index (κ2) is 5.52. The average Bonchev–Trinajstić information content (AvgIpc) is 3.10. The molecule has 0 spiro atoms. The Morgan fingerprint density at radius 1 is 1.50 bits per heavy atom. The van der Waals surface area contributed by atoms with Crippen molar-refractivity contribution < 1.29 is 9.00 Å². The normalized spacial score (nSPS) is 16.3. The number of hydrogen-bond donors (Lipinski definition) is 2. The molecule has 1 aromatic rings. The van der Waals surface area contributed by atoms with Crippen molar-refractivity contribution in [2.24, 2.45) is 0 Å². The molecule has 98 valence electrons. The first kappa shape index (κ1) is 13.1. The highest BCUT2D eigenvalue weighted by Gasteiger charge is 2.23. The Morgan fingerprint density at radius 3 is 2.83 bits per heavy atom. The first-order valence-corrected chi connectivity index (χ1v) is 7.42. The van der Waals surface area contributed by atoms with Gasteiger partial charge in [-0.25, -0.2) is 0 Å². The maximum absolute atomic E-state index is 12.1. The Bertz CT molecular complexity index is 484. The molecule has 2 rings (SSSR count). The third-order valence-electron chi connectivity index (χ3n) is 2.90. The molecule has 1 atom stereocenters. The van der Waals surface area contributed by atoms with Crippen LogP contribution in [0.4, 0.5) is 5.69 Å². The highest BCUT2D eigenvalue weighted by molar-refractivity contribution is 7.85. The second-order valence-electron chi connectivity index (χ2n) is 4.67. The van der Waals surface area contributed by atoms with E-state index in [-0.39, 0.29) is 5.91 Å². The molecule has 1 amide bonds. The summed E-state index contributed by atoms with van der Waals surface area (Å²) in [6.45, 7) is 1.88. The largest absolute Gasteiger partial charge is 0.399 e. The zero-order chi connectivity index (χ0) is 13.1. The van der Waals surface area contributed by atoms with Crippen molar-refractivity contribution in [3.63, 3.8) is 0 Å². The molecule has 0 radical (unpaired) electrons. The lowest BCUT2D eigenvalue weighted by atomic mass is 10.2. The highest BCUT2D eigenvalue weighted by Crippen LogP contribution is 2.19. The number of nitrogens with two attached hydrogens (primary N) is 1. The van der Waals surface area contributed by atoms with Gasteiger partial charge in [0.15, 0.2) is 0 Å². The molecule has 1 unspecified atom stereocenters. The van der Waals surface area contributed by atoms with E-state index in [1.807, 2.05) is 6.92 Å². The molecule has 0 aromatic heterocycles. The Kier molecular flexibility index (Phi) is 4.01. The summed E-state index contributed by atoms with van der Waals surface area (Å²) >= 11 is 0. The van der Waals surface area contributed by atoms with Crippen LogP contribution in [0.3, 0.4) is 0 Å². The fourth-order valence-electron chi connectivity index (χ4n) is 1.75. The number of benzene rings is 1. The van der Waals surface area contributed by atoms with Crippen LogP contribution in [0.1, 0.15) is 24.8 Å². The molecular weight excluding hydrogens is 248 g/mol. The van der Waals surface area contributed by atoms with Crippen molar-refractivity contribution >= 4 is 22.4 Å². The topological polar surface area (TPSA) is 72.2 Å². The van der Waals surface area contributed by atoms with E-state index in [0.717, 1.165) is 23.3 Å². The molecule has 0 heterocycles. The van der Waals surface area contributed by atoms with Crippen molar-refractivity contribution in [3.8, 4) is 0 Å². The van der Waals surface area contributed by atoms with Crippen LogP contribution in [0.15, 0.2) is 23.1 Å². The first-order valence-electron chi connectivity index (χ1n) is 6.10. The van der Waals surface area contributed by atoms with Crippen LogP contribution in [0.2, 0.25) is 0 Å². The van der Waals surface area contributed by atoms with Crippen LogP contribution in [0, 0.1) is 6.92 Å². The summed E-state index contributed by atoms with van der Waals surface area (Å²) < 4.78 is 12.1. The van der Waals surface area contributed by atoms with Crippen molar-refractivity contribution in [3.05, 3.63) is 23.8 Å². The standard InChI is InChI=1S/C13H18N2O2S/c1-9-8-10(14)2-5-12(9)18(17)7-6-13(16)15-11-3-4-11/h2,5,8,11H,3-4,6-7,14H2,1H3,(H,15,16). The van der Waals surface area contributed by atoms with Gasteiger partial charge in [0, 0.05) is 28.8 Å². The average molecular weight is 266 g/mol. The number of carbonyl (C=O) groups excluding carboxylic acids is 1. The number of nitrogen functional groups attached to an aromatic ring is 1. The van der Waals surface area contributed by atoms with Gasteiger partial charge in [0.05, 0.1) is 10.8 Å². The summed E-state index contributed by atoms with van der Waals surface area (Å²) in [6, 6.07) is 5.69. The fraction of sp³-hybridized carbons (Fsp3) is 0.462. The fourth-order valence-corrected chi connectivity index (χ4v) is 2.98.